The Bertz CT molecular complexity index is 1170. The van der Waals surface area contributed by atoms with E-state index < -0.39 is 108 Å². The minimum atomic E-state index is -1.99. The quantitative estimate of drug-likeness (QED) is 0.238. The molecule has 18 atom stereocenters. The molecule has 3 fully saturated rings. The highest BCUT2D eigenvalue weighted by molar-refractivity contribution is 5.83. The van der Waals surface area contributed by atoms with Crippen LogP contribution in [0, 0.1) is 23.7 Å². The van der Waals surface area contributed by atoms with E-state index in [0.29, 0.717) is 6.42 Å². The van der Waals surface area contributed by atoms with Crippen molar-refractivity contribution in [3.05, 3.63) is 0 Å². The standard InChI is InChI=1S/C37H67NO13/c1-14-25-37(10,45)30(41)20(4)27(39)18(2)16-35(8,44)32(51-34-28(40)24(38(11)12)15-19(3)47-34)21(5)29(22(6)33(43)49-25)50-26-17-36(9,46-13)31(42)23(7)48-26/h18-26,28-32,34,40-42,44-45H,14-17H2,1-13H3/t18-,19-,20+,21+,22-,23+,24+,25-,26+,28-,29+,30-,31+,32-,34?,35-,36-,37-/m1/s1. The molecule has 3 saturated heterocycles. The number of ketones is 1. The average Bonchev–Trinajstić information content (AvgIpc) is 3.05. The molecular weight excluding hydrogens is 666 g/mol. The van der Waals surface area contributed by atoms with E-state index in [0.717, 1.165) is 0 Å². The number of ether oxygens (including phenoxy) is 6. The number of carbonyl (C=O) groups is 2. The minimum Gasteiger partial charge on any atom is -0.459 e. The maximum Gasteiger partial charge on any atom is 0.311 e. The third-order valence-corrected chi connectivity index (χ3v) is 11.8. The molecule has 51 heavy (non-hydrogen) atoms. The predicted molar refractivity (Wildman–Crippen MR) is 186 cm³/mol. The minimum absolute atomic E-state index is 0.0936. The van der Waals surface area contributed by atoms with E-state index >= 15 is 0 Å². The fourth-order valence-corrected chi connectivity index (χ4v) is 8.41. The summed E-state index contributed by atoms with van der Waals surface area (Å²) in [7, 11) is 5.18. The number of cyclic esters (lactones) is 1. The number of Topliss-reactive ketones (excluding diaryl/α,β-unsaturated/α-hetero) is 1. The number of aliphatic hydroxyl groups is 5. The molecule has 298 valence electrons. The first-order valence-electron chi connectivity index (χ1n) is 18.5. The van der Waals surface area contributed by atoms with Gasteiger partial charge in [-0.2, -0.15) is 0 Å². The van der Waals surface area contributed by atoms with Crippen molar-refractivity contribution < 1.29 is 63.5 Å². The summed E-state index contributed by atoms with van der Waals surface area (Å²) < 4.78 is 37.1. The highest BCUT2D eigenvalue weighted by Crippen LogP contribution is 2.40. The van der Waals surface area contributed by atoms with Crippen LogP contribution in [0.3, 0.4) is 0 Å². The molecule has 3 aliphatic rings. The summed E-state index contributed by atoms with van der Waals surface area (Å²) in [6.45, 7) is 16.3. The lowest BCUT2D eigenvalue weighted by Gasteiger charge is -2.49. The van der Waals surface area contributed by atoms with Gasteiger partial charge in [-0.05, 0) is 74.9 Å². The largest absolute Gasteiger partial charge is 0.459 e. The molecule has 0 aromatic carbocycles. The van der Waals surface area contributed by atoms with Gasteiger partial charge in [0.05, 0.1) is 47.6 Å². The van der Waals surface area contributed by atoms with Crippen molar-refractivity contribution >= 4 is 11.8 Å². The number of esters is 1. The highest BCUT2D eigenvalue weighted by Gasteiger charge is 2.53. The van der Waals surface area contributed by atoms with Gasteiger partial charge in [0.1, 0.15) is 29.7 Å². The van der Waals surface area contributed by atoms with E-state index in [1.165, 1.54) is 27.9 Å². The summed E-state index contributed by atoms with van der Waals surface area (Å²) >= 11 is 0. The van der Waals surface area contributed by atoms with Crippen molar-refractivity contribution in [1.82, 2.24) is 4.90 Å². The fraction of sp³-hybridized carbons (Fsp3) is 0.946. The van der Waals surface area contributed by atoms with Crippen LogP contribution in [0.25, 0.3) is 0 Å². The maximum atomic E-state index is 14.1. The van der Waals surface area contributed by atoms with Gasteiger partial charge in [-0.1, -0.05) is 27.7 Å². The van der Waals surface area contributed by atoms with Crippen LogP contribution in [-0.4, -0.2) is 148 Å². The van der Waals surface area contributed by atoms with Gasteiger partial charge < -0.3 is 58.9 Å². The van der Waals surface area contributed by atoms with Crippen molar-refractivity contribution in [1.29, 1.82) is 0 Å². The maximum absolute atomic E-state index is 14.1. The van der Waals surface area contributed by atoms with E-state index in [4.69, 9.17) is 28.4 Å². The van der Waals surface area contributed by atoms with E-state index in [2.05, 4.69) is 0 Å². The Hall–Kier alpha value is -1.30. The van der Waals surface area contributed by atoms with Crippen LogP contribution in [-0.2, 0) is 38.0 Å². The monoisotopic (exact) mass is 733 g/mol. The summed E-state index contributed by atoms with van der Waals surface area (Å²) in [5.74, 6) is -4.98. The first kappa shape index (κ1) is 44.1. The molecule has 0 aromatic rings. The number of methoxy groups -OCH3 is 1. The van der Waals surface area contributed by atoms with Crippen LogP contribution in [0.4, 0.5) is 0 Å². The lowest BCUT2D eigenvalue weighted by molar-refractivity contribution is -0.318. The molecule has 0 aromatic heterocycles. The van der Waals surface area contributed by atoms with E-state index in [1.807, 2.05) is 25.9 Å². The van der Waals surface area contributed by atoms with Gasteiger partial charge in [0.2, 0.25) is 0 Å². The molecule has 3 aliphatic heterocycles. The number of likely N-dealkylation sites (N-methyl/N-ethyl adjacent to an activating group) is 1. The van der Waals surface area contributed by atoms with Crippen LogP contribution in [0.5, 0.6) is 0 Å². The second-order valence-corrected chi connectivity index (χ2v) is 16.5. The number of hydrogen-bond acceptors (Lipinski definition) is 14. The topological polar surface area (TPSA) is 194 Å². The number of carbonyl (C=O) groups excluding carboxylic acids is 2. The number of rotatable bonds is 7. The Morgan fingerprint density at radius 2 is 1.49 bits per heavy atom. The number of aliphatic hydroxyl groups excluding tert-OH is 3. The molecule has 0 amide bonds. The molecule has 14 heteroatoms. The fourth-order valence-electron chi connectivity index (χ4n) is 8.41. The summed E-state index contributed by atoms with van der Waals surface area (Å²) in [5, 5.41) is 57.6. The van der Waals surface area contributed by atoms with Gasteiger partial charge in [-0.25, -0.2) is 0 Å². The van der Waals surface area contributed by atoms with Crippen LogP contribution in [0.2, 0.25) is 0 Å². The Morgan fingerprint density at radius 3 is 2.04 bits per heavy atom. The molecule has 14 nitrogen and oxygen atoms in total. The molecule has 0 bridgehead atoms. The average molecular weight is 734 g/mol. The summed E-state index contributed by atoms with van der Waals surface area (Å²) in [5.41, 5.74) is -4.84. The molecule has 3 heterocycles. The van der Waals surface area contributed by atoms with Crippen molar-refractivity contribution in [2.75, 3.05) is 21.2 Å². The van der Waals surface area contributed by atoms with E-state index in [1.54, 1.807) is 41.5 Å². The van der Waals surface area contributed by atoms with Crippen LogP contribution < -0.4 is 0 Å². The first-order chi connectivity index (χ1) is 23.4. The third-order valence-electron chi connectivity index (χ3n) is 11.8. The van der Waals surface area contributed by atoms with Crippen LogP contribution in [0.15, 0.2) is 0 Å². The molecule has 0 aliphatic carbocycles. The highest BCUT2D eigenvalue weighted by atomic mass is 16.7. The molecule has 0 saturated carbocycles. The molecule has 0 spiro atoms. The normalized spacial score (nSPS) is 49.7. The number of hydrogen-bond donors (Lipinski definition) is 5. The summed E-state index contributed by atoms with van der Waals surface area (Å²) in [6, 6.07) is -0.324. The van der Waals surface area contributed by atoms with Gasteiger partial charge in [0.25, 0.3) is 0 Å². The molecule has 0 radical (unpaired) electrons. The predicted octanol–water partition coefficient (Wildman–Crippen LogP) is 1.79. The molecule has 3 rings (SSSR count). The number of nitrogens with zero attached hydrogens (tertiary/aromatic N) is 1. The van der Waals surface area contributed by atoms with Gasteiger partial charge in [-0.3, -0.25) is 9.59 Å². The zero-order valence-electron chi connectivity index (χ0n) is 32.9. The SMILES string of the molecule is CC[C@H]1OC(=O)[C@H](C)[C@@H](O[C@H]2C[C@@](C)(OC)[C@@H](O)[C@H](C)O2)[C@H](C)[C@@H](OC2O[C@H](C)C[C@H](N(C)C)[C@H]2O)[C@](C)(O)C[C@@H](C)C(=O)[C@H](C)[C@@H](O)[C@]1(C)O. The molecular formula is C37H67NO13. The zero-order chi connectivity index (χ0) is 39.0. The zero-order valence-corrected chi connectivity index (χ0v) is 32.9. The van der Waals surface area contributed by atoms with Gasteiger partial charge in [-0.15, -0.1) is 0 Å². The van der Waals surface area contributed by atoms with Gasteiger partial charge in [0.15, 0.2) is 12.6 Å². The van der Waals surface area contributed by atoms with Crippen LogP contribution in [0.1, 0.15) is 94.9 Å². The lowest BCUT2D eigenvalue weighted by Crippen LogP contribution is -2.61. The van der Waals surface area contributed by atoms with E-state index in [9.17, 15) is 35.1 Å². The summed E-state index contributed by atoms with van der Waals surface area (Å²) in [6.07, 6.45) is -9.71. The summed E-state index contributed by atoms with van der Waals surface area (Å²) in [4.78, 5) is 29.8. The third kappa shape index (κ3) is 9.51. The Kier molecular flexibility index (Phi) is 14.7. The second kappa shape index (κ2) is 17.0. The van der Waals surface area contributed by atoms with Crippen molar-refractivity contribution in [2.45, 2.75) is 179 Å². The first-order valence-corrected chi connectivity index (χ1v) is 18.5. The van der Waals surface area contributed by atoms with Crippen LogP contribution >= 0.6 is 0 Å². The second-order valence-electron chi connectivity index (χ2n) is 16.5. The van der Waals surface area contributed by atoms with Crippen molar-refractivity contribution in [2.24, 2.45) is 23.7 Å². The van der Waals surface area contributed by atoms with Crippen molar-refractivity contribution in [3.8, 4) is 0 Å². The van der Waals surface area contributed by atoms with Gasteiger partial charge >= 0.3 is 5.97 Å². The Labute approximate surface area is 304 Å². The van der Waals surface area contributed by atoms with Gasteiger partial charge in [0, 0.05) is 37.3 Å². The Morgan fingerprint density at radius 1 is 0.882 bits per heavy atom. The molecule has 5 N–H and O–H groups in total. The Balaban J connectivity index is 2.18. The van der Waals surface area contributed by atoms with E-state index in [-0.39, 0.29) is 31.4 Å². The van der Waals surface area contributed by atoms with Crippen molar-refractivity contribution in [3.63, 3.8) is 0 Å². The molecule has 1 unspecified atom stereocenters. The lowest BCUT2D eigenvalue weighted by atomic mass is 9.74. The smallest absolute Gasteiger partial charge is 0.311 e.